The van der Waals surface area contributed by atoms with Gasteiger partial charge < -0.3 is 20.7 Å². The highest BCUT2D eigenvalue weighted by molar-refractivity contribution is 6.00. The lowest BCUT2D eigenvalue weighted by Gasteiger charge is -2.29. The van der Waals surface area contributed by atoms with Crippen molar-refractivity contribution in [3.8, 4) is 0 Å². The van der Waals surface area contributed by atoms with Gasteiger partial charge in [0.25, 0.3) is 0 Å². The molecule has 0 atom stereocenters. The summed E-state index contributed by atoms with van der Waals surface area (Å²) in [6.07, 6.45) is 5.97. The molecule has 168 valence electrons. The van der Waals surface area contributed by atoms with Gasteiger partial charge in [0, 0.05) is 18.3 Å². The summed E-state index contributed by atoms with van der Waals surface area (Å²) in [6.45, 7) is 2.47. The van der Waals surface area contributed by atoms with Crippen LogP contribution in [0.15, 0.2) is 60.7 Å². The molecule has 0 heterocycles. The second-order valence-corrected chi connectivity index (χ2v) is 7.74. The molecule has 2 aromatic carbocycles. The van der Waals surface area contributed by atoms with E-state index in [0.29, 0.717) is 31.7 Å². The van der Waals surface area contributed by atoms with Crippen molar-refractivity contribution < 1.29 is 19.1 Å². The first kappa shape index (κ1) is 23.1. The predicted molar refractivity (Wildman–Crippen MR) is 124 cm³/mol. The van der Waals surface area contributed by atoms with Crippen LogP contribution < -0.4 is 16.0 Å². The fourth-order valence-electron chi connectivity index (χ4n) is 3.71. The van der Waals surface area contributed by atoms with E-state index in [1.807, 2.05) is 30.3 Å². The minimum absolute atomic E-state index is 0.223. The number of carbonyl (C=O) groups is 3. The molecule has 0 bridgehead atoms. The zero-order valence-corrected chi connectivity index (χ0v) is 18.2. The van der Waals surface area contributed by atoms with Crippen LogP contribution in [0.25, 0.3) is 6.08 Å². The Morgan fingerprint density at radius 3 is 2.34 bits per heavy atom. The van der Waals surface area contributed by atoms with E-state index in [4.69, 9.17) is 4.74 Å². The Kier molecular flexibility index (Phi) is 8.02. The minimum Gasteiger partial charge on any atom is -0.463 e. The lowest BCUT2D eigenvalue weighted by molar-refractivity contribution is -0.137. The third-order valence-electron chi connectivity index (χ3n) is 5.41. The Morgan fingerprint density at radius 2 is 1.69 bits per heavy atom. The molecule has 7 nitrogen and oxygen atoms in total. The van der Waals surface area contributed by atoms with Gasteiger partial charge in [0.15, 0.2) is 0 Å². The smallest absolute Gasteiger partial charge is 0.330 e. The van der Waals surface area contributed by atoms with Crippen LogP contribution in [-0.2, 0) is 20.9 Å². The molecule has 3 rings (SSSR count). The van der Waals surface area contributed by atoms with Gasteiger partial charge >= 0.3 is 12.0 Å². The van der Waals surface area contributed by atoms with E-state index in [1.54, 1.807) is 37.3 Å². The second-order valence-electron chi connectivity index (χ2n) is 7.74. The Morgan fingerprint density at radius 1 is 1.00 bits per heavy atom. The summed E-state index contributed by atoms with van der Waals surface area (Å²) < 4.78 is 4.86. The van der Waals surface area contributed by atoms with E-state index in [2.05, 4.69) is 16.0 Å². The third kappa shape index (κ3) is 6.44. The molecule has 1 aliphatic rings. The highest BCUT2D eigenvalue weighted by atomic mass is 16.5. The lowest BCUT2D eigenvalue weighted by Crippen LogP contribution is -2.57. The predicted octanol–water partition coefficient (Wildman–Crippen LogP) is 4.01. The molecule has 3 N–H and O–H groups in total. The van der Waals surface area contributed by atoms with Crippen molar-refractivity contribution in [2.24, 2.45) is 0 Å². The van der Waals surface area contributed by atoms with Crippen LogP contribution in [0.2, 0.25) is 0 Å². The molecule has 0 saturated heterocycles. The number of esters is 1. The largest absolute Gasteiger partial charge is 0.463 e. The standard InChI is InChI=1S/C25H29N3O4/c1-2-32-22(29)15-12-19-10-13-21(14-11-19)27-23(30)25(16-6-7-17-25)28-24(31)26-18-20-8-4-3-5-9-20/h3-5,8-15H,2,6-7,16-18H2,1H3,(H,27,30)(H2,26,28,31)/b15-12+. The van der Waals surface area contributed by atoms with Crippen molar-refractivity contribution in [1.82, 2.24) is 10.6 Å². The maximum absolute atomic E-state index is 13.1. The van der Waals surface area contributed by atoms with Crippen LogP contribution >= 0.6 is 0 Å². The Hall–Kier alpha value is -3.61. The number of hydrogen-bond acceptors (Lipinski definition) is 4. The van der Waals surface area contributed by atoms with E-state index in [1.165, 1.54) is 6.08 Å². The molecule has 32 heavy (non-hydrogen) atoms. The zero-order valence-electron chi connectivity index (χ0n) is 18.2. The molecule has 0 aliphatic heterocycles. The number of anilines is 1. The van der Waals surface area contributed by atoms with E-state index < -0.39 is 11.5 Å². The van der Waals surface area contributed by atoms with Crippen LogP contribution in [0, 0.1) is 0 Å². The number of carbonyl (C=O) groups excluding carboxylic acids is 3. The summed E-state index contributed by atoms with van der Waals surface area (Å²) in [5, 5.41) is 8.67. The fraction of sp³-hybridized carbons (Fsp3) is 0.320. The molecule has 1 fully saturated rings. The molecule has 0 unspecified atom stereocenters. The van der Waals surface area contributed by atoms with Gasteiger partial charge in [-0.15, -0.1) is 0 Å². The summed E-state index contributed by atoms with van der Waals surface area (Å²) in [4.78, 5) is 37.0. The number of nitrogens with one attached hydrogen (secondary N) is 3. The van der Waals surface area contributed by atoms with Gasteiger partial charge in [-0.1, -0.05) is 55.3 Å². The average molecular weight is 436 g/mol. The first-order valence-corrected chi connectivity index (χ1v) is 10.9. The van der Waals surface area contributed by atoms with E-state index in [-0.39, 0.29) is 11.9 Å². The van der Waals surface area contributed by atoms with Crippen LogP contribution in [0.1, 0.15) is 43.7 Å². The van der Waals surface area contributed by atoms with Gasteiger partial charge in [0.1, 0.15) is 5.54 Å². The first-order valence-electron chi connectivity index (χ1n) is 10.9. The summed E-state index contributed by atoms with van der Waals surface area (Å²) in [5.74, 6) is -0.621. The number of urea groups is 1. The van der Waals surface area contributed by atoms with Gasteiger partial charge in [-0.25, -0.2) is 9.59 Å². The summed E-state index contributed by atoms with van der Waals surface area (Å²) >= 11 is 0. The zero-order chi connectivity index (χ0) is 22.8. The molecular weight excluding hydrogens is 406 g/mol. The number of benzene rings is 2. The molecule has 7 heteroatoms. The van der Waals surface area contributed by atoms with Gasteiger partial charge in [-0.3, -0.25) is 4.79 Å². The molecule has 3 amide bonds. The fourth-order valence-corrected chi connectivity index (χ4v) is 3.71. The van der Waals surface area contributed by atoms with Crippen molar-refractivity contribution in [1.29, 1.82) is 0 Å². The number of ether oxygens (including phenoxy) is 1. The Balaban J connectivity index is 1.58. The number of hydrogen-bond donors (Lipinski definition) is 3. The van der Waals surface area contributed by atoms with Crippen LogP contribution in [-0.4, -0.2) is 30.1 Å². The molecule has 0 radical (unpaired) electrons. The van der Waals surface area contributed by atoms with E-state index in [0.717, 1.165) is 24.0 Å². The molecule has 1 saturated carbocycles. The number of amides is 3. The summed E-state index contributed by atoms with van der Waals surface area (Å²) in [6, 6.07) is 16.4. The minimum atomic E-state index is -0.927. The van der Waals surface area contributed by atoms with Crippen molar-refractivity contribution >= 4 is 29.7 Å². The SMILES string of the molecule is CCOC(=O)/C=C/c1ccc(NC(=O)C2(NC(=O)NCc3ccccc3)CCCC2)cc1. The van der Waals surface area contributed by atoms with Gasteiger partial charge in [-0.2, -0.15) is 0 Å². The molecule has 1 aliphatic carbocycles. The normalized spacial score (nSPS) is 14.7. The van der Waals surface area contributed by atoms with E-state index >= 15 is 0 Å². The molecular formula is C25H29N3O4. The van der Waals surface area contributed by atoms with Gasteiger partial charge in [0.05, 0.1) is 6.61 Å². The van der Waals surface area contributed by atoms with E-state index in [9.17, 15) is 14.4 Å². The molecule has 0 spiro atoms. The maximum atomic E-state index is 13.1. The quantitative estimate of drug-likeness (QED) is 0.431. The van der Waals surface area contributed by atoms with Crippen molar-refractivity contribution in [2.45, 2.75) is 44.7 Å². The van der Waals surface area contributed by atoms with Crippen molar-refractivity contribution in [3.63, 3.8) is 0 Å². The lowest BCUT2D eigenvalue weighted by atomic mass is 9.96. The highest BCUT2D eigenvalue weighted by Crippen LogP contribution is 2.31. The maximum Gasteiger partial charge on any atom is 0.330 e. The van der Waals surface area contributed by atoms with Gasteiger partial charge in [-0.05, 0) is 49.1 Å². The van der Waals surface area contributed by atoms with Gasteiger partial charge in [0.2, 0.25) is 5.91 Å². The summed E-state index contributed by atoms with van der Waals surface area (Å²) in [7, 11) is 0. The monoisotopic (exact) mass is 435 g/mol. The topological polar surface area (TPSA) is 96.5 Å². The second kappa shape index (κ2) is 11.1. The van der Waals surface area contributed by atoms with Crippen LogP contribution in [0.5, 0.6) is 0 Å². The van der Waals surface area contributed by atoms with Crippen molar-refractivity contribution in [3.05, 3.63) is 71.8 Å². The summed E-state index contributed by atoms with van der Waals surface area (Å²) in [5.41, 5.74) is 1.50. The first-order chi connectivity index (χ1) is 15.5. The third-order valence-corrected chi connectivity index (χ3v) is 5.41. The molecule has 2 aromatic rings. The van der Waals surface area contributed by atoms with Crippen LogP contribution in [0.4, 0.5) is 10.5 Å². The molecule has 0 aromatic heterocycles. The Labute approximate surface area is 188 Å². The van der Waals surface area contributed by atoms with Crippen LogP contribution in [0.3, 0.4) is 0 Å². The Bertz CT molecular complexity index is 949. The van der Waals surface area contributed by atoms with Crippen molar-refractivity contribution in [2.75, 3.05) is 11.9 Å². The number of rotatable bonds is 8. The average Bonchev–Trinajstić information content (AvgIpc) is 3.28. The highest BCUT2D eigenvalue weighted by Gasteiger charge is 2.42.